The summed E-state index contributed by atoms with van der Waals surface area (Å²) >= 11 is 1.86. The molecule has 1 saturated carbocycles. The highest BCUT2D eigenvalue weighted by Gasteiger charge is 2.15. The van der Waals surface area contributed by atoms with Crippen LogP contribution in [0.3, 0.4) is 0 Å². The van der Waals surface area contributed by atoms with Gasteiger partial charge in [-0.25, -0.2) is 4.39 Å². The Bertz CT molecular complexity index is 361. The second-order valence-electron chi connectivity index (χ2n) is 4.76. The molecule has 1 aliphatic rings. The maximum absolute atomic E-state index is 13.9. The molecule has 2 rings (SSSR count). The molecular formula is C14H20FNS. The van der Waals surface area contributed by atoms with E-state index in [0.29, 0.717) is 5.56 Å². The smallest absolute Gasteiger partial charge is 0.131 e. The first-order valence-electron chi connectivity index (χ1n) is 6.35. The first kappa shape index (κ1) is 12.9. The van der Waals surface area contributed by atoms with Crippen molar-refractivity contribution in [1.82, 2.24) is 0 Å². The molecule has 1 nitrogen and oxygen atoms in total. The Morgan fingerprint density at radius 2 is 1.94 bits per heavy atom. The molecular weight excluding hydrogens is 233 g/mol. The van der Waals surface area contributed by atoms with Gasteiger partial charge in [-0.15, -0.1) is 0 Å². The molecule has 0 aromatic heterocycles. The van der Waals surface area contributed by atoms with Crippen LogP contribution in [0, 0.1) is 11.7 Å². The summed E-state index contributed by atoms with van der Waals surface area (Å²) in [5, 5.41) is 0. The highest BCUT2D eigenvalue weighted by Crippen LogP contribution is 2.29. The molecule has 0 atom stereocenters. The lowest BCUT2D eigenvalue weighted by molar-refractivity contribution is 0.599. The van der Waals surface area contributed by atoms with Crippen molar-refractivity contribution in [2.75, 3.05) is 5.75 Å². The van der Waals surface area contributed by atoms with E-state index in [-0.39, 0.29) is 12.4 Å². The van der Waals surface area contributed by atoms with Crippen LogP contribution in [0.4, 0.5) is 4.39 Å². The van der Waals surface area contributed by atoms with E-state index in [4.69, 9.17) is 5.73 Å². The lowest BCUT2D eigenvalue weighted by atomic mass is 10.1. The zero-order chi connectivity index (χ0) is 12.1. The average molecular weight is 253 g/mol. The van der Waals surface area contributed by atoms with Gasteiger partial charge in [-0.1, -0.05) is 31.0 Å². The summed E-state index contributed by atoms with van der Waals surface area (Å²) < 4.78 is 13.9. The predicted octanol–water partition coefficient (Wildman–Crippen LogP) is 3.71. The Balaban J connectivity index is 1.85. The number of hydrogen-bond donors (Lipinski definition) is 1. The van der Waals surface area contributed by atoms with E-state index >= 15 is 0 Å². The van der Waals surface area contributed by atoms with Gasteiger partial charge >= 0.3 is 0 Å². The van der Waals surface area contributed by atoms with Gasteiger partial charge in [-0.05, 0) is 30.1 Å². The van der Waals surface area contributed by atoms with Gasteiger partial charge in [-0.3, -0.25) is 0 Å². The Hall–Kier alpha value is -0.540. The second-order valence-corrected chi connectivity index (χ2v) is 5.79. The SMILES string of the molecule is NCc1cccc(CSCC2CCCC2)c1F. The molecule has 0 amide bonds. The maximum Gasteiger partial charge on any atom is 0.131 e. The lowest BCUT2D eigenvalue weighted by Crippen LogP contribution is -2.03. The topological polar surface area (TPSA) is 26.0 Å². The molecule has 0 saturated heterocycles. The summed E-state index contributed by atoms with van der Waals surface area (Å²) in [7, 11) is 0. The average Bonchev–Trinajstić information content (AvgIpc) is 2.84. The highest BCUT2D eigenvalue weighted by atomic mass is 32.2. The summed E-state index contributed by atoms with van der Waals surface area (Å²) in [4.78, 5) is 0. The minimum atomic E-state index is -0.103. The standard InChI is InChI=1S/C14H20FNS/c15-14-12(8-16)6-3-7-13(14)10-17-9-11-4-1-2-5-11/h3,6-7,11H,1-2,4-5,8-10,16H2. The third-order valence-corrected chi connectivity index (χ3v) is 4.69. The summed E-state index contributed by atoms with van der Waals surface area (Å²) in [6, 6.07) is 5.54. The fourth-order valence-corrected chi connectivity index (χ4v) is 3.64. The van der Waals surface area contributed by atoms with Gasteiger partial charge in [0.2, 0.25) is 0 Å². The molecule has 0 spiro atoms. The molecule has 1 aliphatic carbocycles. The fraction of sp³-hybridized carbons (Fsp3) is 0.571. The van der Waals surface area contributed by atoms with Crippen LogP contribution in [-0.4, -0.2) is 5.75 Å². The van der Waals surface area contributed by atoms with Crippen molar-refractivity contribution in [3.63, 3.8) is 0 Å². The lowest BCUT2D eigenvalue weighted by Gasteiger charge is -2.10. The van der Waals surface area contributed by atoms with E-state index in [1.807, 2.05) is 23.9 Å². The minimum absolute atomic E-state index is 0.103. The van der Waals surface area contributed by atoms with Crippen molar-refractivity contribution in [3.8, 4) is 0 Å². The van der Waals surface area contributed by atoms with E-state index in [1.54, 1.807) is 6.07 Å². The fourth-order valence-electron chi connectivity index (χ4n) is 2.41. The molecule has 17 heavy (non-hydrogen) atoms. The number of halogens is 1. The van der Waals surface area contributed by atoms with Crippen LogP contribution in [0.2, 0.25) is 0 Å². The van der Waals surface area contributed by atoms with E-state index < -0.39 is 0 Å². The van der Waals surface area contributed by atoms with Crippen LogP contribution in [0.15, 0.2) is 18.2 Å². The molecule has 1 fully saturated rings. The van der Waals surface area contributed by atoms with Gasteiger partial charge < -0.3 is 5.73 Å². The Labute approximate surface area is 107 Å². The molecule has 0 bridgehead atoms. The molecule has 0 heterocycles. The van der Waals surface area contributed by atoms with Crippen LogP contribution in [-0.2, 0) is 12.3 Å². The maximum atomic E-state index is 13.9. The normalized spacial score (nSPS) is 16.6. The van der Waals surface area contributed by atoms with Crippen LogP contribution in [0.5, 0.6) is 0 Å². The van der Waals surface area contributed by atoms with Crippen LogP contribution in [0.1, 0.15) is 36.8 Å². The zero-order valence-corrected chi connectivity index (χ0v) is 10.9. The number of thioether (sulfide) groups is 1. The summed E-state index contributed by atoms with van der Waals surface area (Å²) in [6.07, 6.45) is 5.47. The number of benzene rings is 1. The second kappa shape index (κ2) is 6.41. The van der Waals surface area contributed by atoms with Gasteiger partial charge in [-0.2, -0.15) is 11.8 Å². The molecule has 2 N–H and O–H groups in total. The molecule has 0 aliphatic heterocycles. The molecule has 1 aromatic carbocycles. The van der Waals surface area contributed by atoms with Crippen molar-refractivity contribution in [3.05, 3.63) is 35.1 Å². The molecule has 0 unspecified atom stereocenters. The molecule has 94 valence electrons. The highest BCUT2D eigenvalue weighted by molar-refractivity contribution is 7.98. The first-order chi connectivity index (χ1) is 8.31. The van der Waals surface area contributed by atoms with Crippen LogP contribution >= 0.6 is 11.8 Å². The van der Waals surface area contributed by atoms with Crippen molar-refractivity contribution in [2.24, 2.45) is 11.7 Å². The van der Waals surface area contributed by atoms with Crippen molar-refractivity contribution in [1.29, 1.82) is 0 Å². The van der Waals surface area contributed by atoms with E-state index in [9.17, 15) is 4.39 Å². The summed E-state index contributed by atoms with van der Waals surface area (Å²) in [5.74, 6) is 2.71. The number of nitrogens with two attached hydrogens (primary N) is 1. The minimum Gasteiger partial charge on any atom is -0.326 e. The quantitative estimate of drug-likeness (QED) is 0.865. The van der Waals surface area contributed by atoms with Gasteiger partial charge in [0, 0.05) is 17.9 Å². The van der Waals surface area contributed by atoms with Crippen LogP contribution in [0.25, 0.3) is 0 Å². The largest absolute Gasteiger partial charge is 0.326 e. The molecule has 1 aromatic rings. The third-order valence-electron chi connectivity index (χ3n) is 3.46. The van der Waals surface area contributed by atoms with E-state index in [0.717, 1.165) is 17.2 Å². The third kappa shape index (κ3) is 3.46. The Morgan fingerprint density at radius 3 is 2.65 bits per heavy atom. The van der Waals surface area contributed by atoms with Crippen molar-refractivity contribution in [2.45, 2.75) is 38.0 Å². The van der Waals surface area contributed by atoms with Gasteiger partial charge in [0.15, 0.2) is 0 Å². The predicted molar refractivity (Wildman–Crippen MR) is 72.4 cm³/mol. The van der Waals surface area contributed by atoms with Gasteiger partial charge in [0.05, 0.1) is 0 Å². The van der Waals surface area contributed by atoms with Crippen LogP contribution < -0.4 is 5.73 Å². The van der Waals surface area contributed by atoms with E-state index in [2.05, 4.69) is 0 Å². The first-order valence-corrected chi connectivity index (χ1v) is 7.51. The monoisotopic (exact) mass is 253 g/mol. The van der Waals surface area contributed by atoms with Crippen molar-refractivity contribution < 1.29 is 4.39 Å². The van der Waals surface area contributed by atoms with Crippen molar-refractivity contribution >= 4 is 11.8 Å². The number of hydrogen-bond acceptors (Lipinski definition) is 2. The van der Waals surface area contributed by atoms with Gasteiger partial charge in [0.25, 0.3) is 0 Å². The van der Waals surface area contributed by atoms with E-state index in [1.165, 1.54) is 31.4 Å². The molecule has 3 heteroatoms. The zero-order valence-electron chi connectivity index (χ0n) is 10.1. The Morgan fingerprint density at radius 1 is 1.24 bits per heavy atom. The number of rotatable bonds is 5. The Kier molecular flexibility index (Phi) is 4.86. The van der Waals surface area contributed by atoms with Gasteiger partial charge in [0.1, 0.15) is 5.82 Å². The summed E-state index contributed by atoms with van der Waals surface area (Å²) in [5.41, 5.74) is 6.93. The summed E-state index contributed by atoms with van der Waals surface area (Å²) in [6.45, 7) is 0.285. The molecule has 0 radical (unpaired) electrons.